The number of benzene rings is 2. The molecule has 1 aromatic heterocycles. The number of aromatic nitrogens is 2. The molecular formula is C21H23N5O5S. The van der Waals surface area contributed by atoms with Gasteiger partial charge in [0.05, 0.1) is 10.5 Å². The molecule has 32 heavy (non-hydrogen) atoms. The number of hydroxylamine groups is 1. The van der Waals surface area contributed by atoms with E-state index in [2.05, 4.69) is 14.7 Å². The summed E-state index contributed by atoms with van der Waals surface area (Å²) in [6, 6.07) is 12.1. The van der Waals surface area contributed by atoms with Gasteiger partial charge in [0.15, 0.2) is 0 Å². The van der Waals surface area contributed by atoms with Gasteiger partial charge in [0.2, 0.25) is 16.0 Å². The van der Waals surface area contributed by atoms with Crippen LogP contribution in [0.1, 0.15) is 16.8 Å². The van der Waals surface area contributed by atoms with Gasteiger partial charge >= 0.3 is 0 Å². The lowest BCUT2D eigenvalue weighted by Crippen LogP contribution is -2.52. The summed E-state index contributed by atoms with van der Waals surface area (Å²) in [4.78, 5) is 21.7. The van der Waals surface area contributed by atoms with Crippen molar-refractivity contribution >= 4 is 32.7 Å². The zero-order chi connectivity index (χ0) is 22.7. The van der Waals surface area contributed by atoms with E-state index >= 15 is 0 Å². The van der Waals surface area contributed by atoms with E-state index < -0.39 is 22.0 Å². The van der Waals surface area contributed by atoms with Crippen LogP contribution in [0.2, 0.25) is 0 Å². The number of aliphatic hydroxyl groups is 1. The number of hydrogen-bond acceptors (Lipinski definition) is 8. The van der Waals surface area contributed by atoms with Gasteiger partial charge in [-0.1, -0.05) is 30.3 Å². The summed E-state index contributed by atoms with van der Waals surface area (Å²) >= 11 is 0. The van der Waals surface area contributed by atoms with Crippen molar-refractivity contribution in [2.45, 2.75) is 17.4 Å². The van der Waals surface area contributed by atoms with Crippen LogP contribution < -0.4 is 15.1 Å². The monoisotopic (exact) mass is 457 g/mol. The highest BCUT2D eigenvalue weighted by molar-refractivity contribution is 7.89. The van der Waals surface area contributed by atoms with E-state index in [4.69, 9.17) is 5.21 Å². The molecule has 0 bridgehead atoms. The predicted molar refractivity (Wildman–Crippen MR) is 117 cm³/mol. The second kappa shape index (κ2) is 9.17. The van der Waals surface area contributed by atoms with Crippen LogP contribution in [-0.2, 0) is 10.0 Å². The molecule has 1 fully saturated rings. The quantitative estimate of drug-likeness (QED) is 0.316. The second-order valence-electron chi connectivity index (χ2n) is 7.63. The molecule has 4 N–H and O–H groups in total. The molecule has 0 spiro atoms. The van der Waals surface area contributed by atoms with Crippen LogP contribution in [0.15, 0.2) is 59.8 Å². The molecule has 1 aliphatic heterocycles. The molecular weight excluding hydrogens is 434 g/mol. The summed E-state index contributed by atoms with van der Waals surface area (Å²) in [7, 11) is -3.77. The molecule has 11 heteroatoms. The molecule has 2 aromatic carbocycles. The number of carbonyl (C=O) groups excluding carboxylic acids is 1. The maximum absolute atomic E-state index is 13.0. The Morgan fingerprint density at radius 2 is 1.84 bits per heavy atom. The first-order valence-corrected chi connectivity index (χ1v) is 11.5. The van der Waals surface area contributed by atoms with Crippen LogP contribution in [0, 0.1) is 5.92 Å². The fourth-order valence-corrected chi connectivity index (χ4v) is 5.20. The maximum atomic E-state index is 13.0. The Bertz CT molecular complexity index is 1220. The summed E-state index contributed by atoms with van der Waals surface area (Å²) in [5, 5.41) is 20.4. The molecule has 10 nitrogen and oxygen atoms in total. The summed E-state index contributed by atoms with van der Waals surface area (Å²) < 4.78 is 28.7. The van der Waals surface area contributed by atoms with E-state index in [1.807, 2.05) is 29.2 Å². The standard InChI is InChI=1S/C21H23N5O5S/c27-13-17-12-26(21-22-10-16(11-23-21)20(28)24-29)8-7-19(17)25-32(30,31)18-6-5-14-3-1-2-4-15(14)9-18/h1-6,9-11,17,19,25,27,29H,7-8,12-13H2,(H,24,28)/t17-,19-/m0/s1. The molecule has 1 amide bonds. The number of carbonyl (C=O) groups is 1. The average Bonchev–Trinajstić information content (AvgIpc) is 2.83. The molecule has 3 aromatic rings. The van der Waals surface area contributed by atoms with Gasteiger partial charge in [-0.3, -0.25) is 10.0 Å². The minimum atomic E-state index is -3.77. The third-order valence-electron chi connectivity index (χ3n) is 5.59. The smallest absolute Gasteiger partial charge is 0.277 e. The SMILES string of the molecule is O=C(NO)c1cnc(N2CC[C@H](NS(=O)(=O)c3ccc4ccccc4c3)[C@H](CO)C2)nc1. The van der Waals surface area contributed by atoms with Crippen LogP contribution in [0.3, 0.4) is 0 Å². The minimum absolute atomic E-state index is 0.105. The Balaban J connectivity index is 1.47. The van der Waals surface area contributed by atoms with Gasteiger partial charge in [-0.15, -0.1) is 0 Å². The number of nitrogens with zero attached hydrogens (tertiary/aromatic N) is 3. The third-order valence-corrected chi connectivity index (χ3v) is 7.08. The Labute approximate surface area is 184 Å². The van der Waals surface area contributed by atoms with Crippen molar-refractivity contribution in [1.29, 1.82) is 0 Å². The van der Waals surface area contributed by atoms with Crippen molar-refractivity contribution in [2.75, 3.05) is 24.6 Å². The summed E-state index contributed by atoms with van der Waals surface area (Å²) in [6.07, 6.45) is 3.02. The van der Waals surface area contributed by atoms with Crippen molar-refractivity contribution in [1.82, 2.24) is 20.2 Å². The van der Waals surface area contributed by atoms with Gasteiger partial charge in [-0.25, -0.2) is 28.6 Å². The Kier molecular flexibility index (Phi) is 6.33. The van der Waals surface area contributed by atoms with Gasteiger partial charge in [-0.2, -0.15) is 0 Å². The normalized spacial score (nSPS) is 19.1. The zero-order valence-corrected chi connectivity index (χ0v) is 17.9. The lowest BCUT2D eigenvalue weighted by Gasteiger charge is -2.37. The van der Waals surface area contributed by atoms with Crippen LogP contribution in [-0.4, -0.2) is 60.3 Å². The van der Waals surface area contributed by atoms with Gasteiger partial charge in [-0.05, 0) is 29.3 Å². The topological polar surface area (TPSA) is 145 Å². The van der Waals surface area contributed by atoms with E-state index in [0.717, 1.165) is 10.8 Å². The van der Waals surface area contributed by atoms with Gasteiger partial charge < -0.3 is 10.0 Å². The molecule has 2 atom stereocenters. The molecule has 168 valence electrons. The van der Waals surface area contributed by atoms with Crippen LogP contribution in [0.4, 0.5) is 5.95 Å². The van der Waals surface area contributed by atoms with Crippen molar-refractivity contribution in [3.05, 3.63) is 60.4 Å². The number of sulfonamides is 1. The van der Waals surface area contributed by atoms with Crippen LogP contribution in [0.5, 0.6) is 0 Å². The fraction of sp³-hybridized carbons (Fsp3) is 0.286. The highest BCUT2D eigenvalue weighted by Gasteiger charge is 2.33. The Hall–Kier alpha value is -3.12. The molecule has 1 saturated heterocycles. The molecule has 2 heterocycles. The maximum Gasteiger partial charge on any atom is 0.277 e. The molecule has 0 aliphatic carbocycles. The van der Waals surface area contributed by atoms with Crippen LogP contribution >= 0.6 is 0 Å². The number of amides is 1. The number of rotatable bonds is 6. The Morgan fingerprint density at radius 3 is 2.53 bits per heavy atom. The Morgan fingerprint density at radius 1 is 1.12 bits per heavy atom. The molecule has 0 unspecified atom stereocenters. The zero-order valence-electron chi connectivity index (χ0n) is 17.0. The number of anilines is 1. The van der Waals surface area contributed by atoms with Crippen LogP contribution in [0.25, 0.3) is 10.8 Å². The average molecular weight is 458 g/mol. The van der Waals surface area contributed by atoms with Gasteiger partial charge in [0, 0.05) is 44.0 Å². The van der Waals surface area contributed by atoms with Gasteiger partial charge in [0.25, 0.3) is 5.91 Å². The second-order valence-corrected chi connectivity index (χ2v) is 9.34. The first-order valence-electron chi connectivity index (χ1n) is 10.0. The van der Waals surface area contributed by atoms with Crippen molar-refractivity contribution in [3.8, 4) is 0 Å². The number of aliphatic hydroxyl groups excluding tert-OH is 1. The first-order chi connectivity index (χ1) is 15.4. The van der Waals surface area contributed by atoms with E-state index in [0.29, 0.717) is 25.5 Å². The number of nitrogens with one attached hydrogen (secondary N) is 2. The number of fused-ring (bicyclic) bond motifs is 1. The largest absolute Gasteiger partial charge is 0.396 e. The van der Waals surface area contributed by atoms with Crippen molar-refractivity contribution < 1.29 is 23.5 Å². The fourth-order valence-electron chi connectivity index (χ4n) is 3.82. The van der Waals surface area contributed by atoms with E-state index in [-0.39, 0.29) is 23.0 Å². The highest BCUT2D eigenvalue weighted by atomic mass is 32.2. The molecule has 1 aliphatic rings. The van der Waals surface area contributed by atoms with E-state index in [1.54, 1.807) is 18.2 Å². The van der Waals surface area contributed by atoms with Crippen molar-refractivity contribution in [3.63, 3.8) is 0 Å². The lowest BCUT2D eigenvalue weighted by molar-refractivity contribution is 0.0705. The van der Waals surface area contributed by atoms with Gasteiger partial charge in [0.1, 0.15) is 0 Å². The molecule has 0 saturated carbocycles. The number of hydrogen-bond donors (Lipinski definition) is 4. The first kappa shape index (κ1) is 22.1. The molecule has 4 rings (SSSR count). The van der Waals surface area contributed by atoms with E-state index in [9.17, 15) is 18.3 Å². The minimum Gasteiger partial charge on any atom is -0.396 e. The molecule has 0 radical (unpaired) electrons. The lowest BCUT2D eigenvalue weighted by atomic mass is 9.94. The summed E-state index contributed by atoms with van der Waals surface area (Å²) in [5.41, 5.74) is 1.62. The summed E-state index contributed by atoms with van der Waals surface area (Å²) in [6.45, 7) is 0.590. The predicted octanol–water partition coefficient (Wildman–Crippen LogP) is 0.914. The summed E-state index contributed by atoms with van der Waals surface area (Å²) in [5.74, 6) is -0.733. The number of piperidine rings is 1. The highest BCUT2D eigenvalue weighted by Crippen LogP contribution is 2.24. The van der Waals surface area contributed by atoms with E-state index in [1.165, 1.54) is 17.9 Å². The third kappa shape index (κ3) is 4.55. The van der Waals surface area contributed by atoms with Crippen molar-refractivity contribution in [2.24, 2.45) is 5.92 Å².